The third-order valence-corrected chi connectivity index (χ3v) is 3.45. The molecule has 2 amide bonds. The predicted molar refractivity (Wildman–Crippen MR) is 75.2 cm³/mol. The Balaban J connectivity index is 2.17. The van der Waals surface area contributed by atoms with Gasteiger partial charge in [0.05, 0.1) is 28.8 Å². The molecule has 0 radical (unpaired) electrons. The van der Waals surface area contributed by atoms with Crippen molar-refractivity contribution in [3.05, 3.63) is 28.8 Å². The van der Waals surface area contributed by atoms with E-state index in [4.69, 9.17) is 16.9 Å². The van der Waals surface area contributed by atoms with Crippen LogP contribution >= 0.6 is 11.6 Å². The van der Waals surface area contributed by atoms with Gasteiger partial charge in [-0.05, 0) is 24.6 Å². The first-order valence-corrected chi connectivity index (χ1v) is 6.75. The number of halogens is 1. The highest BCUT2D eigenvalue weighted by atomic mass is 35.5. The molecule has 104 valence electrons. The van der Waals surface area contributed by atoms with E-state index in [1.54, 1.807) is 18.2 Å². The molecule has 0 aliphatic carbocycles. The van der Waals surface area contributed by atoms with Gasteiger partial charge in [0.15, 0.2) is 0 Å². The smallest absolute Gasteiger partial charge is 0.252 e. The number of rotatable bonds is 4. The van der Waals surface area contributed by atoms with Gasteiger partial charge in [-0.2, -0.15) is 5.26 Å². The van der Waals surface area contributed by atoms with Gasteiger partial charge in [0.1, 0.15) is 6.04 Å². The largest absolute Gasteiger partial charge is 0.372 e. The Labute approximate surface area is 122 Å². The number of nitriles is 1. The van der Waals surface area contributed by atoms with Gasteiger partial charge in [0.25, 0.3) is 5.91 Å². The quantitative estimate of drug-likeness (QED) is 0.863. The van der Waals surface area contributed by atoms with E-state index < -0.39 is 6.04 Å². The van der Waals surface area contributed by atoms with E-state index in [1.807, 2.05) is 13.0 Å². The molecule has 1 unspecified atom stereocenters. The summed E-state index contributed by atoms with van der Waals surface area (Å²) in [6.07, 6.45) is 0.848. The Bertz CT molecular complexity index is 595. The van der Waals surface area contributed by atoms with Crippen LogP contribution in [0.3, 0.4) is 0 Å². The number of hydrogen-bond acceptors (Lipinski definition) is 4. The fourth-order valence-corrected chi connectivity index (χ4v) is 2.32. The van der Waals surface area contributed by atoms with Gasteiger partial charge in [-0.3, -0.25) is 14.5 Å². The second kappa shape index (κ2) is 5.93. The molecule has 1 aromatic carbocycles. The number of hydrogen-bond donors (Lipinski definition) is 1. The van der Waals surface area contributed by atoms with E-state index in [-0.39, 0.29) is 18.2 Å². The molecule has 0 aromatic heterocycles. The molecule has 5 nitrogen and oxygen atoms in total. The summed E-state index contributed by atoms with van der Waals surface area (Å²) < 4.78 is 0. The molecular formula is C14H14ClN3O2. The van der Waals surface area contributed by atoms with Crippen molar-refractivity contribution in [2.45, 2.75) is 25.8 Å². The summed E-state index contributed by atoms with van der Waals surface area (Å²) in [5.74, 6) is -0.419. The maximum Gasteiger partial charge on any atom is 0.252 e. The molecule has 2 rings (SSSR count). The molecule has 0 bridgehead atoms. The molecule has 1 aromatic rings. The van der Waals surface area contributed by atoms with Gasteiger partial charge in [-0.25, -0.2) is 0 Å². The van der Waals surface area contributed by atoms with Crippen molar-refractivity contribution in [1.29, 1.82) is 5.26 Å². The minimum atomic E-state index is -0.611. The third kappa shape index (κ3) is 2.75. The van der Waals surface area contributed by atoms with Crippen molar-refractivity contribution in [3.63, 3.8) is 0 Å². The number of amides is 2. The van der Waals surface area contributed by atoms with E-state index in [9.17, 15) is 9.59 Å². The lowest BCUT2D eigenvalue weighted by atomic mass is 10.2. The van der Waals surface area contributed by atoms with Crippen LogP contribution in [0.1, 0.15) is 25.3 Å². The molecule has 1 saturated heterocycles. The van der Waals surface area contributed by atoms with Crippen LogP contribution in [0.4, 0.5) is 5.69 Å². The Morgan fingerprint density at radius 1 is 1.50 bits per heavy atom. The second-order valence-corrected chi connectivity index (χ2v) is 5.00. The van der Waals surface area contributed by atoms with Crippen LogP contribution in [0.2, 0.25) is 5.02 Å². The van der Waals surface area contributed by atoms with Crippen molar-refractivity contribution >= 4 is 29.1 Å². The fraction of sp³-hybridized carbons (Fsp3) is 0.357. The van der Waals surface area contributed by atoms with Gasteiger partial charge >= 0.3 is 0 Å². The maximum atomic E-state index is 12.1. The zero-order valence-corrected chi connectivity index (χ0v) is 11.8. The first kappa shape index (κ1) is 14.4. The Morgan fingerprint density at radius 2 is 2.25 bits per heavy atom. The van der Waals surface area contributed by atoms with Crippen molar-refractivity contribution in [3.8, 4) is 6.07 Å². The first-order valence-electron chi connectivity index (χ1n) is 6.37. The molecular weight excluding hydrogens is 278 g/mol. The van der Waals surface area contributed by atoms with E-state index in [0.717, 1.165) is 6.42 Å². The van der Waals surface area contributed by atoms with E-state index in [0.29, 0.717) is 22.8 Å². The van der Waals surface area contributed by atoms with Crippen LogP contribution in [0, 0.1) is 11.3 Å². The molecule has 0 saturated carbocycles. The van der Waals surface area contributed by atoms with Crippen molar-refractivity contribution in [2.24, 2.45) is 0 Å². The van der Waals surface area contributed by atoms with Crippen molar-refractivity contribution in [2.75, 3.05) is 11.9 Å². The predicted octanol–water partition coefficient (Wildman–Crippen LogP) is 2.16. The molecule has 20 heavy (non-hydrogen) atoms. The maximum absolute atomic E-state index is 12.1. The summed E-state index contributed by atoms with van der Waals surface area (Å²) >= 11 is 6.03. The van der Waals surface area contributed by atoms with Gasteiger partial charge in [-0.1, -0.05) is 18.5 Å². The zero-order chi connectivity index (χ0) is 14.7. The fourth-order valence-electron chi connectivity index (χ4n) is 2.15. The lowest BCUT2D eigenvalue weighted by molar-refractivity contribution is -0.138. The molecule has 1 atom stereocenters. The lowest BCUT2D eigenvalue weighted by Gasteiger charge is -2.15. The van der Waals surface area contributed by atoms with Gasteiger partial charge in [0.2, 0.25) is 5.91 Å². The van der Waals surface area contributed by atoms with Crippen LogP contribution in [0.25, 0.3) is 0 Å². The zero-order valence-electron chi connectivity index (χ0n) is 11.0. The summed E-state index contributed by atoms with van der Waals surface area (Å²) in [5.41, 5.74) is 0.939. The van der Waals surface area contributed by atoms with Crippen LogP contribution in [-0.2, 0) is 9.59 Å². The van der Waals surface area contributed by atoms with Gasteiger partial charge in [-0.15, -0.1) is 0 Å². The summed E-state index contributed by atoms with van der Waals surface area (Å²) in [5, 5.41) is 12.2. The molecule has 1 heterocycles. The normalized spacial score (nSPS) is 18.2. The monoisotopic (exact) mass is 291 g/mol. The molecule has 1 N–H and O–H groups in total. The average Bonchev–Trinajstić information content (AvgIpc) is 2.69. The summed E-state index contributed by atoms with van der Waals surface area (Å²) in [4.78, 5) is 25.1. The standard InChI is InChI=1S/C14H14ClN3O2/c1-2-5-18-13(19)7-12(14(18)20)17-11-6-9(8-16)3-4-10(11)15/h3-4,6,12,17H,2,5,7H2,1H3. The average molecular weight is 292 g/mol. The van der Waals surface area contributed by atoms with E-state index in [2.05, 4.69) is 5.32 Å². The molecule has 6 heteroatoms. The highest BCUT2D eigenvalue weighted by Crippen LogP contribution is 2.26. The van der Waals surface area contributed by atoms with Crippen molar-refractivity contribution < 1.29 is 9.59 Å². The Morgan fingerprint density at radius 3 is 2.90 bits per heavy atom. The SMILES string of the molecule is CCCN1C(=O)CC(Nc2cc(C#N)ccc2Cl)C1=O. The number of anilines is 1. The molecule has 1 aliphatic heterocycles. The number of imide groups is 1. The number of benzene rings is 1. The van der Waals surface area contributed by atoms with Crippen LogP contribution in [0.15, 0.2) is 18.2 Å². The number of carbonyl (C=O) groups excluding carboxylic acids is 2. The van der Waals surface area contributed by atoms with Gasteiger partial charge < -0.3 is 5.32 Å². The second-order valence-electron chi connectivity index (χ2n) is 4.59. The number of nitrogens with one attached hydrogen (secondary N) is 1. The Kier molecular flexibility index (Phi) is 4.26. The van der Waals surface area contributed by atoms with Crippen LogP contribution in [0.5, 0.6) is 0 Å². The number of nitrogens with zero attached hydrogens (tertiary/aromatic N) is 2. The first-order chi connectivity index (χ1) is 9.56. The summed E-state index contributed by atoms with van der Waals surface area (Å²) in [6, 6.07) is 6.16. The minimum Gasteiger partial charge on any atom is -0.372 e. The third-order valence-electron chi connectivity index (χ3n) is 3.12. The molecule has 1 fully saturated rings. The highest BCUT2D eigenvalue weighted by Gasteiger charge is 2.38. The van der Waals surface area contributed by atoms with Crippen LogP contribution in [-0.4, -0.2) is 29.3 Å². The van der Waals surface area contributed by atoms with Crippen LogP contribution < -0.4 is 5.32 Å². The number of likely N-dealkylation sites (tertiary alicyclic amines) is 1. The summed E-state index contributed by atoms with van der Waals surface area (Å²) in [6.45, 7) is 2.34. The lowest BCUT2D eigenvalue weighted by Crippen LogP contribution is -2.35. The van der Waals surface area contributed by atoms with Crippen molar-refractivity contribution in [1.82, 2.24) is 4.90 Å². The van der Waals surface area contributed by atoms with E-state index >= 15 is 0 Å². The molecule has 1 aliphatic rings. The number of carbonyl (C=O) groups is 2. The minimum absolute atomic E-state index is 0.117. The van der Waals surface area contributed by atoms with E-state index in [1.165, 1.54) is 4.90 Å². The summed E-state index contributed by atoms with van der Waals surface area (Å²) in [7, 11) is 0. The Hall–Kier alpha value is -2.06. The topological polar surface area (TPSA) is 73.2 Å². The highest BCUT2D eigenvalue weighted by molar-refractivity contribution is 6.33. The van der Waals surface area contributed by atoms with Gasteiger partial charge in [0, 0.05) is 6.54 Å². The molecule has 0 spiro atoms.